The van der Waals surface area contributed by atoms with Crippen molar-refractivity contribution < 1.29 is 15.0 Å². The first-order valence-corrected chi connectivity index (χ1v) is 6.20. The summed E-state index contributed by atoms with van der Waals surface area (Å²) >= 11 is 3.33. The Balaban J connectivity index is 2.23. The summed E-state index contributed by atoms with van der Waals surface area (Å²) in [6, 6.07) is 5.49. The van der Waals surface area contributed by atoms with Crippen LogP contribution in [0.25, 0.3) is 0 Å². The molecule has 1 heterocycles. The molecular formula is C12H14BrNO3. The first-order valence-electron chi connectivity index (χ1n) is 5.40. The molecule has 0 radical (unpaired) electrons. The Morgan fingerprint density at radius 2 is 1.94 bits per heavy atom. The summed E-state index contributed by atoms with van der Waals surface area (Å²) in [7, 11) is 0. The van der Waals surface area contributed by atoms with Gasteiger partial charge in [0.25, 0.3) is 5.91 Å². The molecule has 2 atom stereocenters. The standard InChI is InChI=1S/C12H14BrNO3/c1-7-2-3-8(13)4-9(7)12(17)14-5-10(15)11(16)6-14/h2-4,10-11,15-16H,5-6H2,1H3. The molecule has 5 heteroatoms. The van der Waals surface area contributed by atoms with E-state index in [2.05, 4.69) is 15.9 Å². The van der Waals surface area contributed by atoms with E-state index in [1.165, 1.54) is 4.90 Å². The van der Waals surface area contributed by atoms with Crippen LogP contribution >= 0.6 is 15.9 Å². The number of likely N-dealkylation sites (tertiary alicyclic amines) is 1. The van der Waals surface area contributed by atoms with E-state index in [1.54, 1.807) is 6.07 Å². The van der Waals surface area contributed by atoms with Crippen molar-refractivity contribution in [1.29, 1.82) is 0 Å². The molecule has 0 spiro atoms. The molecule has 1 aliphatic rings. The number of aliphatic hydroxyl groups is 2. The average Bonchev–Trinajstić information content (AvgIpc) is 2.62. The van der Waals surface area contributed by atoms with Gasteiger partial charge in [0.1, 0.15) is 0 Å². The molecule has 1 amide bonds. The summed E-state index contributed by atoms with van der Waals surface area (Å²) in [6.45, 7) is 2.24. The Morgan fingerprint density at radius 3 is 2.53 bits per heavy atom. The number of carbonyl (C=O) groups excluding carboxylic acids is 1. The predicted octanol–water partition coefficient (Wildman–Crippen LogP) is 0.935. The zero-order valence-electron chi connectivity index (χ0n) is 9.43. The summed E-state index contributed by atoms with van der Waals surface area (Å²) in [4.78, 5) is 13.7. The van der Waals surface area contributed by atoms with Crippen molar-refractivity contribution in [2.24, 2.45) is 0 Å². The molecule has 1 saturated heterocycles. The van der Waals surface area contributed by atoms with Crippen LogP contribution in [-0.2, 0) is 0 Å². The molecule has 0 aromatic heterocycles. The lowest BCUT2D eigenvalue weighted by Gasteiger charge is -2.16. The van der Waals surface area contributed by atoms with Crippen LogP contribution in [0.1, 0.15) is 15.9 Å². The monoisotopic (exact) mass is 299 g/mol. The van der Waals surface area contributed by atoms with Crippen molar-refractivity contribution in [3.63, 3.8) is 0 Å². The Hall–Kier alpha value is -0.910. The number of carbonyl (C=O) groups is 1. The molecule has 92 valence electrons. The fourth-order valence-corrected chi connectivity index (χ4v) is 2.29. The first-order chi connectivity index (χ1) is 7.99. The topological polar surface area (TPSA) is 60.8 Å². The van der Waals surface area contributed by atoms with Gasteiger partial charge in [-0.3, -0.25) is 4.79 Å². The van der Waals surface area contributed by atoms with Gasteiger partial charge in [-0.05, 0) is 24.6 Å². The minimum Gasteiger partial charge on any atom is -0.388 e. The zero-order valence-corrected chi connectivity index (χ0v) is 11.0. The van der Waals surface area contributed by atoms with E-state index < -0.39 is 12.2 Å². The highest BCUT2D eigenvalue weighted by molar-refractivity contribution is 9.10. The van der Waals surface area contributed by atoms with Gasteiger partial charge in [0.05, 0.1) is 12.2 Å². The maximum Gasteiger partial charge on any atom is 0.254 e. The third kappa shape index (κ3) is 2.51. The molecule has 2 unspecified atom stereocenters. The van der Waals surface area contributed by atoms with Crippen molar-refractivity contribution in [3.8, 4) is 0 Å². The second-order valence-corrected chi connectivity index (χ2v) is 5.22. The van der Waals surface area contributed by atoms with Crippen molar-refractivity contribution in [2.75, 3.05) is 13.1 Å². The molecule has 0 bridgehead atoms. The highest BCUT2D eigenvalue weighted by Crippen LogP contribution is 2.20. The normalized spacial score (nSPS) is 24.1. The quantitative estimate of drug-likeness (QED) is 0.811. The molecule has 17 heavy (non-hydrogen) atoms. The van der Waals surface area contributed by atoms with E-state index in [4.69, 9.17) is 0 Å². The highest BCUT2D eigenvalue weighted by Gasteiger charge is 2.33. The minimum absolute atomic E-state index is 0.153. The highest BCUT2D eigenvalue weighted by atomic mass is 79.9. The van der Waals surface area contributed by atoms with Gasteiger partial charge >= 0.3 is 0 Å². The van der Waals surface area contributed by atoms with E-state index >= 15 is 0 Å². The van der Waals surface area contributed by atoms with E-state index in [9.17, 15) is 15.0 Å². The number of hydrogen-bond donors (Lipinski definition) is 2. The van der Waals surface area contributed by atoms with Gasteiger partial charge in [0.15, 0.2) is 0 Å². The van der Waals surface area contributed by atoms with Crippen molar-refractivity contribution >= 4 is 21.8 Å². The minimum atomic E-state index is -0.841. The van der Waals surface area contributed by atoms with Crippen LogP contribution in [0.3, 0.4) is 0 Å². The number of β-amino-alcohol motifs (C(OH)–C–C–N with tert-alkyl or cyclic N) is 2. The third-order valence-corrected chi connectivity index (χ3v) is 3.47. The zero-order chi connectivity index (χ0) is 12.6. The van der Waals surface area contributed by atoms with Crippen LogP contribution in [0.4, 0.5) is 0 Å². The molecule has 4 nitrogen and oxygen atoms in total. The number of benzene rings is 1. The van der Waals surface area contributed by atoms with Crippen molar-refractivity contribution in [1.82, 2.24) is 4.90 Å². The van der Waals surface area contributed by atoms with Gasteiger partial charge in [-0.1, -0.05) is 22.0 Å². The Bertz CT molecular complexity index is 439. The molecule has 1 aromatic rings. The summed E-state index contributed by atoms with van der Waals surface area (Å²) in [5.74, 6) is -0.153. The van der Waals surface area contributed by atoms with Crippen LogP contribution < -0.4 is 0 Å². The van der Waals surface area contributed by atoms with Crippen LogP contribution in [0, 0.1) is 6.92 Å². The summed E-state index contributed by atoms with van der Waals surface area (Å²) in [5, 5.41) is 18.9. The third-order valence-electron chi connectivity index (χ3n) is 2.98. The second-order valence-electron chi connectivity index (χ2n) is 4.30. The molecular weight excluding hydrogens is 286 g/mol. The average molecular weight is 300 g/mol. The van der Waals surface area contributed by atoms with Gasteiger partial charge in [0.2, 0.25) is 0 Å². The Kier molecular flexibility index (Phi) is 3.51. The molecule has 1 fully saturated rings. The number of aryl methyl sites for hydroxylation is 1. The molecule has 1 aromatic carbocycles. The predicted molar refractivity (Wildman–Crippen MR) is 66.8 cm³/mol. The van der Waals surface area contributed by atoms with Crippen LogP contribution in [0.15, 0.2) is 22.7 Å². The maximum absolute atomic E-state index is 12.2. The van der Waals surface area contributed by atoms with Gasteiger partial charge in [0, 0.05) is 23.1 Å². The fraction of sp³-hybridized carbons (Fsp3) is 0.417. The maximum atomic E-state index is 12.2. The number of rotatable bonds is 1. The molecule has 1 aliphatic heterocycles. The van der Waals surface area contributed by atoms with Gasteiger partial charge in [-0.15, -0.1) is 0 Å². The van der Waals surface area contributed by atoms with Gasteiger partial charge < -0.3 is 15.1 Å². The van der Waals surface area contributed by atoms with E-state index in [1.807, 2.05) is 19.1 Å². The lowest BCUT2D eigenvalue weighted by molar-refractivity contribution is 0.0572. The van der Waals surface area contributed by atoms with Gasteiger partial charge in [-0.2, -0.15) is 0 Å². The number of amides is 1. The first kappa shape index (κ1) is 12.5. The SMILES string of the molecule is Cc1ccc(Br)cc1C(=O)N1CC(O)C(O)C1. The lowest BCUT2D eigenvalue weighted by atomic mass is 10.1. The summed E-state index contributed by atoms with van der Waals surface area (Å²) in [5.41, 5.74) is 1.48. The van der Waals surface area contributed by atoms with Crippen LogP contribution in [0.2, 0.25) is 0 Å². The summed E-state index contributed by atoms with van der Waals surface area (Å²) < 4.78 is 0.840. The Morgan fingerprint density at radius 1 is 1.35 bits per heavy atom. The van der Waals surface area contributed by atoms with E-state index in [0.717, 1.165) is 10.0 Å². The molecule has 0 saturated carbocycles. The van der Waals surface area contributed by atoms with Crippen molar-refractivity contribution in [2.45, 2.75) is 19.1 Å². The largest absolute Gasteiger partial charge is 0.388 e. The van der Waals surface area contributed by atoms with Gasteiger partial charge in [-0.25, -0.2) is 0 Å². The molecule has 2 rings (SSSR count). The van der Waals surface area contributed by atoms with Crippen LogP contribution in [0.5, 0.6) is 0 Å². The fourth-order valence-electron chi connectivity index (χ4n) is 1.93. The number of halogens is 1. The van der Waals surface area contributed by atoms with Crippen LogP contribution in [-0.4, -0.2) is 46.3 Å². The number of aliphatic hydroxyl groups excluding tert-OH is 2. The summed E-state index contributed by atoms with van der Waals surface area (Å²) in [6.07, 6.45) is -1.68. The number of nitrogens with zero attached hydrogens (tertiary/aromatic N) is 1. The van der Waals surface area contributed by atoms with E-state index in [-0.39, 0.29) is 19.0 Å². The number of hydrogen-bond acceptors (Lipinski definition) is 3. The molecule has 2 N–H and O–H groups in total. The second kappa shape index (κ2) is 4.76. The van der Waals surface area contributed by atoms with Crippen molar-refractivity contribution in [3.05, 3.63) is 33.8 Å². The smallest absolute Gasteiger partial charge is 0.254 e. The molecule has 0 aliphatic carbocycles. The lowest BCUT2D eigenvalue weighted by Crippen LogP contribution is -2.30. The van der Waals surface area contributed by atoms with E-state index in [0.29, 0.717) is 5.56 Å². The Labute approximate surface area is 108 Å².